The van der Waals surface area contributed by atoms with Crippen LogP contribution in [0.1, 0.15) is 41.5 Å². The second-order valence-corrected chi connectivity index (χ2v) is 4.96. The fourth-order valence-electron chi connectivity index (χ4n) is 2.98. The normalized spacial score (nSPS) is 18.6. The lowest BCUT2D eigenvalue weighted by atomic mass is 9.83. The first kappa shape index (κ1) is 10.5. The van der Waals surface area contributed by atoms with Crippen molar-refractivity contribution in [2.45, 2.75) is 33.1 Å². The maximum absolute atomic E-state index is 10.3. The molecule has 2 aromatic rings. The molecule has 17 heavy (non-hydrogen) atoms. The fourth-order valence-corrected chi connectivity index (χ4v) is 2.98. The standard InChI is InChI=1S/C15H16O2/c1-8-5-4-6-11-12(8)10(3)13-9(2)7-17-15(13)14(11)16/h4,6-8,16H,5H2,1-3H3/t8-/m0/s1. The number of phenols is 1. The quantitative estimate of drug-likeness (QED) is 0.730. The Kier molecular flexibility index (Phi) is 2.09. The van der Waals surface area contributed by atoms with E-state index < -0.39 is 0 Å². The van der Waals surface area contributed by atoms with E-state index in [1.54, 1.807) is 6.26 Å². The summed E-state index contributed by atoms with van der Waals surface area (Å²) in [4.78, 5) is 0. The molecular weight excluding hydrogens is 212 g/mol. The van der Waals surface area contributed by atoms with Gasteiger partial charge in [0.15, 0.2) is 11.3 Å². The monoisotopic (exact) mass is 228 g/mol. The number of hydrogen-bond acceptors (Lipinski definition) is 2. The zero-order valence-corrected chi connectivity index (χ0v) is 10.4. The lowest BCUT2D eigenvalue weighted by molar-refractivity contribution is 0.461. The molecule has 0 radical (unpaired) electrons. The number of rotatable bonds is 0. The van der Waals surface area contributed by atoms with Crippen LogP contribution in [0.3, 0.4) is 0 Å². The van der Waals surface area contributed by atoms with Gasteiger partial charge in [0.05, 0.1) is 6.26 Å². The van der Waals surface area contributed by atoms with E-state index in [1.165, 1.54) is 11.1 Å². The van der Waals surface area contributed by atoms with Crippen molar-refractivity contribution in [1.82, 2.24) is 0 Å². The summed E-state index contributed by atoms with van der Waals surface area (Å²) in [5.41, 5.74) is 5.16. The Morgan fingerprint density at radius 1 is 1.35 bits per heavy atom. The van der Waals surface area contributed by atoms with Crippen LogP contribution in [-0.2, 0) is 0 Å². The fraction of sp³-hybridized carbons (Fsp3) is 0.333. The molecule has 1 N–H and O–H groups in total. The molecule has 0 spiro atoms. The van der Waals surface area contributed by atoms with Gasteiger partial charge in [-0.05, 0) is 42.9 Å². The first-order chi connectivity index (χ1) is 8.11. The maximum atomic E-state index is 10.3. The van der Waals surface area contributed by atoms with Crippen LogP contribution >= 0.6 is 0 Å². The van der Waals surface area contributed by atoms with E-state index in [-0.39, 0.29) is 5.75 Å². The van der Waals surface area contributed by atoms with E-state index >= 15 is 0 Å². The molecule has 2 nitrogen and oxygen atoms in total. The van der Waals surface area contributed by atoms with E-state index in [4.69, 9.17) is 4.42 Å². The summed E-state index contributed by atoms with van der Waals surface area (Å²) in [6, 6.07) is 0. The van der Waals surface area contributed by atoms with E-state index in [9.17, 15) is 5.11 Å². The molecule has 1 aliphatic rings. The summed E-state index contributed by atoms with van der Waals surface area (Å²) in [6.45, 7) is 6.35. The Hall–Kier alpha value is -1.70. The topological polar surface area (TPSA) is 33.4 Å². The number of allylic oxidation sites excluding steroid dienone is 1. The van der Waals surface area contributed by atoms with Gasteiger partial charge < -0.3 is 9.52 Å². The van der Waals surface area contributed by atoms with Gasteiger partial charge >= 0.3 is 0 Å². The second-order valence-electron chi connectivity index (χ2n) is 4.96. The predicted molar refractivity (Wildman–Crippen MR) is 69.4 cm³/mol. The smallest absolute Gasteiger partial charge is 0.176 e. The van der Waals surface area contributed by atoms with Crippen molar-refractivity contribution >= 4 is 17.0 Å². The third kappa shape index (κ3) is 1.27. The van der Waals surface area contributed by atoms with Gasteiger partial charge in [-0.1, -0.05) is 19.1 Å². The van der Waals surface area contributed by atoms with Gasteiger partial charge in [-0.25, -0.2) is 0 Å². The van der Waals surface area contributed by atoms with Gasteiger partial charge in [0.25, 0.3) is 0 Å². The summed E-state index contributed by atoms with van der Waals surface area (Å²) < 4.78 is 5.48. The van der Waals surface area contributed by atoms with E-state index in [0.717, 1.165) is 22.9 Å². The Bertz CT molecular complexity index is 632. The molecule has 0 aliphatic heterocycles. The van der Waals surface area contributed by atoms with Crippen LogP contribution in [0.25, 0.3) is 17.0 Å². The minimum atomic E-state index is 0.288. The molecule has 0 saturated heterocycles. The van der Waals surface area contributed by atoms with Crippen molar-refractivity contribution in [3.05, 3.63) is 34.6 Å². The summed E-state index contributed by atoms with van der Waals surface area (Å²) >= 11 is 0. The van der Waals surface area contributed by atoms with Gasteiger partial charge in [-0.15, -0.1) is 0 Å². The Morgan fingerprint density at radius 2 is 2.12 bits per heavy atom. The van der Waals surface area contributed by atoms with Crippen LogP contribution in [0.4, 0.5) is 0 Å². The van der Waals surface area contributed by atoms with Crippen molar-refractivity contribution in [2.75, 3.05) is 0 Å². The van der Waals surface area contributed by atoms with Crippen LogP contribution < -0.4 is 0 Å². The van der Waals surface area contributed by atoms with Crippen molar-refractivity contribution < 1.29 is 9.52 Å². The van der Waals surface area contributed by atoms with Crippen molar-refractivity contribution in [3.8, 4) is 5.75 Å². The molecule has 0 fully saturated rings. The summed E-state index contributed by atoms with van der Waals surface area (Å²) in [6.07, 6.45) is 6.88. The molecule has 1 atom stereocenters. The molecule has 88 valence electrons. The van der Waals surface area contributed by atoms with Crippen LogP contribution in [0, 0.1) is 13.8 Å². The number of aromatic hydroxyl groups is 1. The largest absolute Gasteiger partial charge is 0.504 e. The first-order valence-corrected chi connectivity index (χ1v) is 6.01. The molecule has 1 aromatic carbocycles. The third-order valence-corrected chi connectivity index (χ3v) is 3.78. The maximum Gasteiger partial charge on any atom is 0.176 e. The Balaban J connectivity index is 2.51. The molecule has 3 rings (SSSR count). The third-order valence-electron chi connectivity index (χ3n) is 3.78. The number of benzene rings is 1. The van der Waals surface area contributed by atoms with E-state index in [1.807, 2.05) is 13.0 Å². The molecule has 1 aliphatic carbocycles. The minimum Gasteiger partial charge on any atom is -0.504 e. The highest BCUT2D eigenvalue weighted by molar-refractivity contribution is 5.94. The van der Waals surface area contributed by atoms with Crippen molar-refractivity contribution in [1.29, 1.82) is 0 Å². The Morgan fingerprint density at radius 3 is 2.88 bits per heavy atom. The first-order valence-electron chi connectivity index (χ1n) is 6.01. The number of phenolic OH excluding ortho intramolecular Hbond substituents is 1. The van der Waals surface area contributed by atoms with E-state index in [0.29, 0.717) is 11.5 Å². The van der Waals surface area contributed by atoms with E-state index in [2.05, 4.69) is 19.9 Å². The molecule has 0 saturated carbocycles. The van der Waals surface area contributed by atoms with Crippen LogP contribution in [0.2, 0.25) is 0 Å². The highest BCUT2D eigenvalue weighted by atomic mass is 16.3. The van der Waals surface area contributed by atoms with Crippen molar-refractivity contribution in [2.24, 2.45) is 0 Å². The molecule has 0 bridgehead atoms. The molecule has 0 amide bonds. The number of furan rings is 1. The molecule has 1 heterocycles. The van der Waals surface area contributed by atoms with Gasteiger partial charge in [0, 0.05) is 10.9 Å². The summed E-state index contributed by atoms with van der Waals surface area (Å²) in [5, 5.41) is 11.4. The zero-order chi connectivity index (χ0) is 12.2. The second kappa shape index (κ2) is 3.39. The highest BCUT2D eigenvalue weighted by Crippen LogP contribution is 2.43. The Labute approximate surface area is 101 Å². The van der Waals surface area contributed by atoms with Crippen LogP contribution in [0.15, 0.2) is 16.8 Å². The zero-order valence-electron chi connectivity index (χ0n) is 10.4. The molecular formula is C15H16O2. The number of aryl methyl sites for hydroxylation is 2. The minimum absolute atomic E-state index is 0.288. The summed E-state index contributed by atoms with van der Waals surface area (Å²) in [5.74, 6) is 0.746. The molecule has 0 unspecified atom stereocenters. The van der Waals surface area contributed by atoms with Crippen LogP contribution in [0.5, 0.6) is 5.75 Å². The number of fused-ring (bicyclic) bond motifs is 2. The molecule has 1 aromatic heterocycles. The van der Waals surface area contributed by atoms with Crippen LogP contribution in [-0.4, -0.2) is 5.11 Å². The highest BCUT2D eigenvalue weighted by Gasteiger charge is 2.23. The van der Waals surface area contributed by atoms with Gasteiger partial charge in [0.2, 0.25) is 0 Å². The molecule has 2 heteroatoms. The lowest BCUT2D eigenvalue weighted by Gasteiger charge is -2.22. The lowest BCUT2D eigenvalue weighted by Crippen LogP contribution is -2.03. The number of hydrogen-bond donors (Lipinski definition) is 1. The van der Waals surface area contributed by atoms with Gasteiger partial charge in [-0.2, -0.15) is 0 Å². The predicted octanol–water partition coefficient (Wildman–Crippen LogP) is 4.28. The SMILES string of the molecule is Cc1coc2c(O)c3c(c(C)c12)[C@@H](C)CC=C3. The summed E-state index contributed by atoms with van der Waals surface area (Å²) in [7, 11) is 0. The van der Waals surface area contributed by atoms with Crippen molar-refractivity contribution in [3.63, 3.8) is 0 Å². The van der Waals surface area contributed by atoms with Gasteiger partial charge in [-0.3, -0.25) is 0 Å². The average Bonchev–Trinajstić information content (AvgIpc) is 2.68. The average molecular weight is 228 g/mol. The van der Waals surface area contributed by atoms with Gasteiger partial charge in [0.1, 0.15) is 0 Å².